The number of esters is 2. The Morgan fingerprint density at radius 1 is 1.12 bits per heavy atom. The van der Waals surface area contributed by atoms with E-state index in [0.29, 0.717) is 13.0 Å². The van der Waals surface area contributed by atoms with Crippen molar-refractivity contribution in [1.29, 1.82) is 0 Å². The van der Waals surface area contributed by atoms with Crippen molar-refractivity contribution < 1.29 is 19.1 Å². The number of hydrogen-bond donors (Lipinski definition) is 0. The summed E-state index contributed by atoms with van der Waals surface area (Å²) in [6.07, 6.45) is 4.02. The van der Waals surface area contributed by atoms with Crippen molar-refractivity contribution in [2.75, 3.05) is 6.61 Å². The Morgan fingerprint density at radius 3 is 2.38 bits per heavy atom. The zero-order valence-corrected chi connectivity index (χ0v) is 15.0. The quantitative estimate of drug-likeness (QED) is 0.501. The number of carbonyl (C=O) groups is 2. The molecule has 0 bridgehead atoms. The third-order valence-corrected chi connectivity index (χ3v) is 3.54. The van der Waals surface area contributed by atoms with Gasteiger partial charge < -0.3 is 9.47 Å². The van der Waals surface area contributed by atoms with E-state index in [9.17, 15) is 9.59 Å². The zero-order valence-electron chi connectivity index (χ0n) is 15.0. The molecule has 0 radical (unpaired) electrons. The summed E-state index contributed by atoms with van der Waals surface area (Å²) >= 11 is 0. The van der Waals surface area contributed by atoms with Crippen molar-refractivity contribution >= 4 is 18.0 Å². The molecule has 4 heteroatoms. The Bertz CT molecular complexity index is 534. The van der Waals surface area contributed by atoms with Gasteiger partial charge in [0.05, 0.1) is 12.5 Å². The maximum atomic E-state index is 12.2. The average molecular weight is 332 g/mol. The first-order valence-electron chi connectivity index (χ1n) is 8.54. The molecule has 0 N–H and O–H groups in total. The largest absolute Gasteiger partial charge is 0.465 e. The fourth-order valence-corrected chi connectivity index (χ4v) is 2.24. The monoisotopic (exact) mass is 332 g/mol. The molecule has 0 saturated heterocycles. The molecule has 0 fully saturated rings. The summed E-state index contributed by atoms with van der Waals surface area (Å²) in [6, 6.07) is 9.51. The summed E-state index contributed by atoms with van der Waals surface area (Å²) in [5, 5.41) is 0. The number of hydrogen-bond acceptors (Lipinski definition) is 4. The van der Waals surface area contributed by atoms with Crippen LogP contribution in [0.3, 0.4) is 0 Å². The lowest BCUT2D eigenvalue weighted by Crippen LogP contribution is -2.32. The normalized spacial score (nSPS) is 13.7. The third-order valence-electron chi connectivity index (χ3n) is 3.54. The zero-order chi connectivity index (χ0) is 17.9. The summed E-state index contributed by atoms with van der Waals surface area (Å²) in [7, 11) is 0. The van der Waals surface area contributed by atoms with Crippen LogP contribution in [0.1, 0.15) is 46.1 Å². The predicted molar refractivity (Wildman–Crippen MR) is 95.2 cm³/mol. The van der Waals surface area contributed by atoms with E-state index in [-0.39, 0.29) is 11.9 Å². The summed E-state index contributed by atoms with van der Waals surface area (Å²) in [5.41, 5.74) is 0.920. The minimum absolute atomic E-state index is 0.280. The van der Waals surface area contributed by atoms with Gasteiger partial charge in [-0.1, -0.05) is 57.5 Å². The molecule has 132 valence electrons. The second-order valence-corrected chi connectivity index (χ2v) is 6.31. The minimum atomic E-state index is -0.516. The van der Waals surface area contributed by atoms with Gasteiger partial charge >= 0.3 is 11.9 Å². The Hall–Kier alpha value is -2.10. The molecule has 0 saturated carbocycles. The molecule has 0 aliphatic heterocycles. The van der Waals surface area contributed by atoms with Crippen LogP contribution in [-0.2, 0) is 19.1 Å². The SMILES string of the molecule is CCCC(C(=O)OCC(C)C)C(C)OC(=O)C=Cc1ccccc1. The first-order chi connectivity index (χ1) is 11.4. The van der Waals surface area contributed by atoms with E-state index in [2.05, 4.69) is 0 Å². The van der Waals surface area contributed by atoms with E-state index in [1.165, 1.54) is 6.08 Å². The number of carbonyl (C=O) groups excluding carboxylic acids is 2. The van der Waals surface area contributed by atoms with Crippen molar-refractivity contribution in [3.05, 3.63) is 42.0 Å². The van der Waals surface area contributed by atoms with Gasteiger partial charge in [0.1, 0.15) is 6.10 Å². The van der Waals surface area contributed by atoms with Crippen LogP contribution >= 0.6 is 0 Å². The van der Waals surface area contributed by atoms with Gasteiger partial charge in [0.15, 0.2) is 0 Å². The molecule has 1 aromatic rings. The van der Waals surface area contributed by atoms with Gasteiger partial charge in [-0.25, -0.2) is 4.79 Å². The standard InChI is InChI=1S/C20H28O4/c1-5-9-18(20(22)23-14-15(2)3)16(4)24-19(21)13-12-17-10-7-6-8-11-17/h6-8,10-13,15-16,18H,5,9,14H2,1-4H3. The van der Waals surface area contributed by atoms with Crippen LogP contribution in [0.4, 0.5) is 0 Å². The second kappa shape index (κ2) is 10.6. The van der Waals surface area contributed by atoms with Crippen LogP contribution in [-0.4, -0.2) is 24.6 Å². The Morgan fingerprint density at radius 2 is 1.79 bits per heavy atom. The highest BCUT2D eigenvalue weighted by atomic mass is 16.6. The molecule has 0 heterocycles. The van der Waals surface area contributed by atoms with E-state index in [1.807, 2.05) is 51.1 Å². The molecular weight excluding hydrogens is 304 g/mol. The van der Waals surface area contributed by atoms with Crippen molar-refractivity contribution in [1.82, 2.24) is 0 Å². The lowest BCUT2D eigenvalue weighted by atomic mass is 9.98. The van der Waals surface area contributed by atoms with Crippen LogP contribution < -0.4 is 0 Å². The maximum absolute atomic E-state index is 12.2. The molecule has 4 nitrogen and oxygen atoms in total. The minimum Gasteiger partial charge on any atom is -0.465 e. The predicted octanol–water partition coefficient (Wildman–Crippen LogP) is 4.25. The molecule has 0 aliphatic carbocycles. The molecule has 24 heavy (non-hydrogen) atoms. The summed E-state index contributed by atoms with van der Waals surface area (Å²) < 4.78 is 10.7. The van der Waals surface area contributed by atoms with Crippen molar-refractivity contribution in [2.24, 2.45) is 11.8 Å². The number of rotatable bonds is 9. The van der Waals surface area contributed by atoms with Gasteiger partial charge in [0.2, 0.25) is 0 Å². The average Bonchev–Trinajstić information content (AvgIpc) is 2.56. The first kappa shape index (κ1) is 19.9. The van der Waals surface area contributed by atoms with Crippen LogP contribution in [0, 0.1) is 11.8 Å². The lowest BCUT2D eigenvalue weighted by Gasteiger charge is -2.22. The van der Waals surface area contributed by atoms with Crippen molar-refractivity contribution in [3.8, 4) is 0 Å². The van der Waals surface area contributed by atoms with E-state index < -0.39 is 18.0 Å². The molecule has 0 amide bonds. The molecule has 1 aromatic carbocycles. The van der Waals surface area contributed by atoms with Crippen LogP contribution in [0.2, 0.25) is 0 Å². The maximum Gasteiger partial charge on any atom is 0.331 e. The number of ether oxygens (including phenoxy) is 2. The molecule has 1 rings (SSSR count). The molecule has 2 atom stereocenters. The summed E-state index contributed by atoms with van der Waals surface area (Å²) in [5.74, 6) is -0.896. The Kier molecular flexibility index (Phi) is 8.84. The van der Waals surface area contributed by atoms with Gasteiger partial charge in [-0.3, -0.25) is 4.79 Å². The van der Waals surface area contributed by atoms with Crippen LogP contribution in [0.25, 0.3) is 6.08 Å². The fraction of sp³-hybridized carbons (Fsp3) is 0.500. The molecule has 0 spiro atoms. The van der Waals surface area contributed by atoms with Gasteiger partial charge in [-0.05, 0) is 30.9 Å². The first-order valence-corrected chi connectivity index (χ1v) is 8.54. The van der Waals surface area contributed by atoms with Gasteiger partial charge in [-0.15, -0.1) is 0 Å². The van der Waals surface area contributed by atoms with E-state index in [4.69, 9.17) is 9.47 Å². The fourth-order valence-electron chi connectivity index (χ4n) is 2.24. The van der Waals surface area contributed by atoms with Gasteiger partial charge in [0, 0.05) is 6.08 Å². The van der Waals surface area contributed by atoms with Gasteiger partial charge in [-0.2, -0.15) is 0 Å². The molecular formula is C20H28O4. The van der Waals surface area contributed by atoms with Crippen molar-refractivity contribution in [2.45, 2.75) is 46.6 Å². The third kappa shape index (κ3) is 7.44. The smallest absolute Gasteiger partial charge is 0.331 e. The van der Waals surface area contributed by atoms with Crippen LogP contribution in [0.5, 0.6) is 0 Å². The summed E-state index contributed by atoms with van der Waals surface area (Å²) in [6.45, 7) is 8.09. The molecule has 0 aromatic heterocycles. The number of benzene rings is 1. The lowest BCUT2D eigenvalue weighted by molar-refractivity contribution is -0.159. The topological polar surface area (TPSA) is 52.6 Å². The highest BCUT2D eigenvalue weighted by Gasteiger charge is 2.28. The molecule has 2 unspecified atom stereocenters. The van der Waals surface area contributed by atoms with E-state index >= 15 is 0 Å². The molecule has 0 aliphatic rings. The van der Waals surface area contributed by atoms with Gasteiger partial charge in [0.25, 0.3) is 0 Å². The van der Waals surface area contributed by atoms with E-state index in [1.54, 1.807) is 13.0 Å². The van der Waals surface area contributed by atoms with Crippen molar-refractivity contribution in [3.63, 3.8) is 0 Å². The summed E-state index contributed by atoms with van der Waals surface area (Å²) in [4.78, 5) is 24.2. The highest BCUT2D eigenvalue weighted by Crippen LogP contribution is 2.17. The van der Waals surface area contributed by atoms with E-state index in [0.717, 1.165) is 12.0 Å². The highest BCUT2D eigenvalue weighted by molar-refractivity contribution is 5.87. The van der Waals surface area contributed by atoms with Crippen LogP contribution in [0.15, 0.2) is 36.4 Å². The Balaban J connectivity index is 2.60. The Labute approximate surface area is 144 Å². The second-order valence-electron chi connectivity index (χ2n) is 6.31.